The summed E-state index contributed by atoms with van der Waals surface area (Å²) in [7, 11) is 0. The first-order valence-electron chi connectivity index (χ1n) is 8.03. The largest absolute Gasteiger partial charge is 0.361 e. The molecule has 6 nitrogen and oxygen atoms in total. The average Bonchev–Trinajstić information content (AvgIpc) is 3.00. The number of aryl methyl sites for hydroxylation is 1. The highest BCUT2D eigenvalue weighted by Gasteiger charge is 2.16. The molecule has 0 unspecified atom stereocenters. The summed E-state index contributed by atoms with van der Waals surface area (Å²) in [5.74, 6) is 2.20. The van der Waals surface area contributed by atoms with Gasteiger partial charge >= 0.3 is 0 Å². The molecule has 2 aromatic rings. The fourth-order valence-electron chi connectivity index (χ4n) is 2.69. The third kappa shape index (κ3) is 3.88. The average molecular weight is 314 g/mol. The zero-order valence-electron chi connectivity index (χ0n) is 13.6. The van der Waals surface area contributed by atoms with Crippen LogP contribution in [-0.2, 0) is 6.54 Å². The second-order valence-corrected chi connectivity index (χ2v) is 6.20. The fourth-order valence-corrected chi connectivity index (χ4v) is 2.69. The van der Waals surface area contributed by atoms with Gasteiger partial charge in [-0.05, 0) is 37.3 Å². The van der Waals surface area contributed by atoms with Gasteiger partial charge in [0.05, 0.1) is 0 Å². The van der Waals surface area contributed by atoms with E-state index in [0.717, 1.165) is 30.4 Å². The minimum Gasteiger partial charge on any atom is -0.361 e. The third-order valence-corrected chi connectivity index (χ3v) is 4.23. The molecule has 0 radical (unpaired) electrons. The molecule has 3 rings (SSSR count). The van der Waals surface area contributed by atoms with E-state index in [4.69, 9.17) is 4.52 Å². The first-order chi connectivity index (χ1) is 11.1. The van der Waals surface area contributed by atoms with E-state index in [-0.39, 0.29) is 5.91 Å². The van der Waals surface area contributed by atoms with Gasteiger partial charge in [0.25, 0.3) is 5.91 Å². The topological polar surface area (TPSA) is 71.3 Å². The van der Waals surface area contributed by atoms with Gasteiger partial charge in [0.15, 0.2) is 5.69 Å². The minimum absolute atomic E-state index is 0.240. The predicted octanol–water partition coefficient (Wildman–Crippen LogP) is 2.54. The molecule has 1 N–H and O–H groups in total. The summed E-state index contributed by atoms with van der Waals surface area (Å²) < 4.78 is 4.90. The van der Waals surface area contributed by atoms with Crippen molar-refractivity contribution in [3.8, 4) is 0 Å². The lowest BCUT2D eigenvalue weighted by molar-refractivity contribution is 0.0942. The smallest absolute Gasteiger partial charge is 0.273 e. The van der Waals surface area contributed by atoms with E-state index < -0.39 is 0 Å². The van der Waals surface area contributed by atoms with E-state index in [0.29, 0.717) is 18.0 Å². The Labute approximate surface area is 135 Å². The maximum atomic E-state index is 11.9. The SMILES string of the molecule is Cc1cc(C(=O)NCc2ccc(N3CCC(C)CC3)nc2)no1. The number of hydrogen-bond acceptors (Lipinski definition) is 5. The molecular formula is C17H22N4O2. The van der Waals surface area contributed by atoms with Crippen LogP contribution in [0.25, 0.3) is 0 Å². The zero-order chi connectivity index (χ0) is 16.2. The van der Waals surface area contributed by atoms with Crippen LogP contribution in [-0.4, -0.2) is 29.1 Å². The van der Waals surface area contributed by atoms with Crippen LogP contribution < -0.4 is 10.2 Å². The number of carbonyl (C=O) groups is 1. The van der Waals surface area contributed by atoms with Crippen LogP contribution in [0.3, 0.4) is 0 Å². The zero-order valence-corrected chi connectivity index (χ0v) is 13.6. The van der Waals surface area contributed by atoms with Crippen LogP contribution in [0.1, 0.15) is 41.6 Å². The molecule has 0 saturated carbocycles. The Hall–Kier alpha value is -2.37. The van der Waals surface area contributed by atoms with Crippen molar-refractivity contribution in [2.24, 2.45) is 5.92 Å². The Morgan fingerprint density at radius 1 is 1.39 bits per heavy atom. The van der Waals surface area contributed by atoms with Gasteiger partial charge in [-0.1, -0.05) is 18.1 Å². The standard InChI is InChI=1S/C17H22N4O2/c1-12-5-7-21(8-6-12)16-4-3-14(10-18-16)11-19-17(22)15-9-13(2)23-20-15/h3-4,9-10,12H,5-8,11H2,1-2H3,(H,19,22). The molecule has 1 saturated heterocycles. The molecule has 0 bridgehead atoms. The number of aromatic nitrogens is 2. The Bertz CT molecular complexity index is 657. The van der Waals surface area contributed by atoms with Crippen molar-refractivity contribution in [1.82, 2.24) is 15.5 Å². The van der Waals surface area contributed by atoms with Gasteiger partial charge in [-0.2, -0.15) is 0 Å². The molecule has 0 aromatic carbocycles. The highest BCUT2D eigenvalue weighted by molar-refractivity contribution is 5.92. The van der Waals surface area contributed by atoms with E-state index in [1.54, 1.807) is 13.0 Å². The number of amides is 1. The van der Waals surface area contributed by atoms with Crippen LogP contribution in [0.2, 0.25) is 0 Å². The summed E-state index contributed by atoms with van der Waals surface area (Å²) in [6, 6.07) is 5.65. The van der Waals surface area contributed by atoms with Crippen molar-refractivity contribution >= 4 is 11.7 Å². The molecule has 0 atom stereocenters. The summed E-state index contributed by atoms with van der Waals surface area (Å²) >= 11 is 0. The lowest BCUT2D eigenvalue weighted by atomic mass is 9.99. The third-order valence-electron chi connectivity index (χ3n) is 4.23. The van der Waals surface area contributed by atoms with Crippen molar-refractivity contribution in [3.63, 3.8) is 0 Å². The van der Waals surface area contributed by atoms with Gasteiger partial charge in [-0.15, -0.1) is 0 Å². The maximum absolute atomic E-state index is 11.9. The highest BCUT2D eigenvalue weighted by Crippen LogP contribution is 2.21. The van der Waals surface area contributed by atoms with Crippen LogP contribution in [0.4, 0.5) is 5.82 Å². The van der Waals surface area contributed by atoms with Crippen molar-refractivity contribution < 1.29 is 9.32 Å². The van der Waals surface area contributed by atoms with E-state index in [1.807, 2.05) is 18.3 Å². The Kier molecular flexibility index (Phi) is 4.60. The highest BCUT2D eigenvalue weighted by atomic mass is 16.5. The Balaban J connectivity index is 1.54. The molecule has 1 amide bonds. The van der Waals surface area contributed by atoms with E-state index in [1.165, 1.54) is 12.8 Å². The molecule has 2 aromatic heterocycles. The van der Waals surface area contributed by atoms with Gasteiger partial charge in [-0.3, -0.25) is 4.79 Å². The number of pyridine rings is 1. The summed E-state index contributed by atoms with van der Waals surface area (Å²) in [6.45, 7) is 6.61. The number of rotatable bonds is 4. The molecule has 1 aliphatic rings. The predicted molar refractivity (Wildman–Crippen MR) is 87.3 cm³/mol. The van der Waals surface area contributed by atoms with Crippen molar-refractivity contribution in [2.45, 2.75) is 33.2 Å². The number of piperidine rings is 1. The summed E-state index contributed by atoms with van der Waals surface area (Å²) in [5.41, 5.74) is 1.27. The summed E-state index contributed by atoms with van der Waals surface area (Å²) in [5, 5.41) is 6.52. The first-order valence-corrected chi connectivity index (χ1v) is 8.03. The molecule has 122 valence electrons. The van der Waals surface area contributed by atoms with Crippen LogP contribution in [0.15, 0.2) is 28.9 Å². The van der Waals surface area contributed by atoms with E-state index in [2.05, 4.69) is 27.3 Å². The van der Waals surface area contributed by atoms with Crippen LogP contribution in [0, 0.1) is 12.8 Å². The lowest BCUT2D eigenvalue weighted by Crippen LogP contribution is -2.33. The van der Waals surface area contributed by atoms with Crippen LogP contribution >= 0.6 is 0 Å². The van der Waals surface area contributed by atoms with Gasteiger partial charge < -0.3 is 14.7 Å². The minimum atomic E-state index is -0.240. The molecule has 1 aliphatic heterocycles. The van der Waals surface area contributed by atoms with Gasteiger partial charge in [0, 0.05) is 31.9 Å². The molecule has 23 heavy (non-hydrogen) atoms. The van der Waals surface area contributed by atoms with Crippen LogP contribution in [0.5, 0.6) is 0 Å². The molecule has 6 heteroatoms. The first kappa shape index (κ1) is 15.5. The Morgan fingerprint density at radius 2 is 2.17 bits per heavy atom. The molecule has 0 spiro atoms. The lowest BCUT2D eigenvalue weighted by Gasteiger charge is -2.31. The normalized spacial score (nSPS) is 15.7. The van der Waals surface area contributed by atoms with Gasteiger partial charge in [0.1, 0.15) is 11.6 Å². The summed E-state index contributed by atoms with van der Waals surface area (Å²) in [4.78, 5) is 18.8. The second-order valence-electron chi connectivity index (χ2n) is 6.20. The van der Waals surface area contributed by atoms with E-state index >= 15 is 0 Å². The molecule has 3 heterocycles. The van der Waals surface area contributed by atoms with Crippen molar-refractivity contribution in [1.29, 1.82) is 0 Å². The number of anilines is 1. The van der Waals surface area contributed by atoms with Crippen molar-refractivity contribution in [3.05, 3.63) is 41.4 Å². The van der Waals surface area contributed by atoms with Gasteiger partial charge in [0.2, 0.25) is 0 Å². The quantitative estimate of drug-likeness (QED) is 0.939. The number of hydrogen-bond donors (Lipinski definition) is 1. The Morgan fingerprint density at radius 3 is 2.78 bits per heavy atom. The molecular weight excluding hydrogens is 292 g/mol. The number of carbonyl (C=O) groups excluding carboxylic acids is 1. The maximum Gasteiger partial charge on any atom is 0.273 e. The van der Waals surface area contributed by atoms with E-state index in [9.17, 15) is 4.79 Å². The van der Waals surface area contributed by atoms with Gasteiger partial charge in [-0.25, -0.2) is 4.98 Å². The molecule has 1 fully saturated rings. The summed E-state index contributed by atoms with van der Waals surface area (Å²) in [6.07, 6.45) is 4.26. The number of nitrogens with one attached hydrogen (secondary N) is 1. The number of nitrogens with zero attached hydrogens (tertiary/aromatic N) is 3. The second kappa shape index (κ2) is 6.81. The van der Waals surface area contributed by atoms with Crippen molar-refractivity contribution in [2.75, 3.05) is 18.0 Å². The molecule has 0 aliphatic carbocycles. The monoisotopic (exact) mass is 314 g/mol. The fraction of sp³-hybridized carbons (Fsp3) is 0.471.